The lowest BCUT2D eigenvalue weighted by Gasteiger charge is -2.28. The summed E-state index contributed by atoms with van der Waals surface area (Å²) < 4.78 is 2.24. The van der Waals surface area contributed by atoms with Crippen LogP contribution in [0, 0.1) is 6.92 Å². The number of imidazole rings is 1. The van der Waals surface area contributed by atoms with Crippen molar-refractivity contribution in [2.45, 2.75) is 59.3 Å². The van der Waals surface area contributed by atoms with E-state index < -0.39 is 0 Å². The monoisotopic (exact) mass is 451 g/mol. The van der Waals surface area contributed by atoms with Gasteiger partial charge in [-0.25, -0.2) is 4.98 Å². The molecule has 0 amide bonds. The molecule has 3 aromatic carbocycles. The number of aromatic amines is 1. The first-order valence-corrected chi connectivity index (χ1v) is 11.9. The van der Waals surface area contributed by atoms with Crippen molar-refractivity contribution in [3.05, 3.63) is 77.5 Å². The molecular formula is C30H33N3O. The number of para-hydroxylation sites is 1. The fourth-order valence-electron chi connectivity index (χ4n) is 4.78. The summed E-state index contributed by atoms with van der Waals surface area (Å²) in [7, 11) is 0. The molecule has 34 heavy (non-hydrogen) atoms. The highest BCUT2D eigenvalue weighted by Gasteiger charge is 2.28. The molecule has 5 rings (SSSR count). The van der Waals surface area contributed by atoms with Crippen molar-refractivity contribution in [3.63, 3.8) is 0 Å². The number of nitrogens with one attached hydrogen (secondary N) is 1. The Balaban J connectivity index is 1.90. The van der Waals surface area contributed by atoms with Crippen LogP contribution in [-0.4, -0.2) is 19.6 Å². The van der Waals surface area contributed by atoms with Gasteiger partial charge in [0, 0.05) is 39.5 Å². The summed E-state index contributed by atoms with van der Waals surface area (Å²) in [5.74, 6) is 1.28. The summed E-state index contributed by atoms with van der Waals surface area (Å²) in [5.41, 5.74) is 7.80. The molecule has 174 valence electrons. The average molecular weight is 452 g/mol. The van der Waals surface area contributed by atoms with Crippen molar-refractivity contribution in [1.29, 1.82) is 0 Å². The first kappa shape index (κ1) is 22.3. The molecule has 4 heteroatoms. The zero-order valence-corrected chi connectivity index (χ0v) is 21.1. The lowest BCUT2D eigenvalue weighted by molar-refractivity contribution is 0.423. The van der Waals surface area contributed by atoms with E-state index in [0.717, 1.165) is 50.1 Å². The zero-order valence-electron chi connectivity index (χ0n) is 21.1. The number of nitrogens with zero attached hydrogens (tertiary/aromatic N) is 2. The third-order valence-electron chi connectivity index (χ3n) is 6.61. The number of hydrogen-bond donors (Lipinski definition) is 2. The van der Waals surface area contributed by atoms with E-state index in [4.69, 9.17) is 4.98 Å². The van der Waals surface area contributed by atoms with Gasteiger partial charge in [0.2, 0.25) is 0 Å². The Morgan fingerprint density at radius 3 is 2.15 bits per heavy atom. The number of hydrogen-bond acceptors (Lipinski definition) is 2. The van der Waals surface area contributed by atoms with Crippen LogP contribution >= 0.6 is 0 Å². The number of H-pyrrole nitrogens is 1. The second kappa shape index (κ2) is 7.49. The average Bonchev–Trinajstić information content (AvgIpc) is 3.33. The predicted molar refractivity (Wildman–Crippen MR) is 142 cm³/mol. The van der Waals surface area contributed by atoms with Gasteiger partial charge >= 0.3 is 0 Å². The topological polar surface area (TPSA) is 53.8 Å². The number of phenols is 1. The quantitative estimate of drug-likeness (QED) is 0.288. The van der Waals surface area contributed by atoms with Gasteiger partial charge in [0.05, 0.1) is 11.0 Å². The van der Waals surface area contributed by atoms with Crippen molar-refractivity contribution in [1.82, 2.24) is 14.5 Å². The summed E-state index contributed by atoms with van der Waals surface area (Å²) in [5, 5.41) is 12.4. The molecule has 0 spiro atoms. The van der Waals surface area contributed by atoms with E-state index in [2.05, 4.69) is 107 Å². The highest BCUT2D eigenvalue weighted by atomic mass is 16.3. The highest BCUT2D eigenvalue weighted by molar-refractivity contribution is 5.96. The van der Waals surface area contributed by atoms with Crippen LogP contribution in [0.15, 0.2) is 60.8 Å². The van der Waals surface area contributed by atoms with Crippen molar-refractivity contribution in [3.8, 4) is 22.8 Å². The molecule has 0 bridgehead atoms. The number of phenolic OH excluding ortho intramolecular Hbond substituents is 1. The Labute approximate surface area is 201 Å². The summed E-state index contributed by atoms with van der Waals surface area (Å²) in [6.07, 6.45) is 2.05. The van der Waals surface area contributed by atoms with Crippen LogP contribution in [0.25, 0.3) is 39.0 Å². The first-order chi connectivity index (χ1) is 15.9. The molecule has 5 aromatic rings. The molecule has 0 atom stereocenters. The molecule has 0 unspecified atom stereocenters. The lowest BCUT2D eigenvalue weighted by Crippen LogP contribution is -2.18. The van der Waals surface area contributed by atoms with E-state index in [-0.39, 0.29) is 10.8 Å². The Bertz CT molecular complexity index is 1500. The first-order valence-electron chi connectivity index (χ1n) is 11.9. The fourth-order valence-corrected chi connectivity index (χ4v) is 4.78. The van der Waals surface area contributed by atoms with E-state index in [1.54, 1.807) is 0 Å². The van der Waals surface area contributed by atoms with E-state index >= 15 is 0 Å². The van der Waals surface area contributed by atoms with Gasteiger partial charge in [-0.05, 0) is 53.6 Å². The van der Waals surface area contributed by atoms with Crippen LogP contribution in [-0.2, 0) is 10.8 Å². The number of aromatic hydroxyl groups is 1. The molecule has 0 saturated heterocycles. The van der Waals surface area contributed by atoms with Gasteiger partial charge in [-0.3, -0.25) is 4.57 Å². The second-order valence-corrected chi connectivity index (χ2v) is 11.4. The smallest absolute Gasteiger partial charge is 0.147 e. The van der Waals surface area contributed by atoms with E-state index in [9.17, 15) is 5.11 Å². The van der Waals surface area contributed by atoms with E-state index in [1.807, 2.05) is 12.3 Å². The van der Waals surface area contributed by atoms with Crippen LogP contribution in [0.5, 0.6) is 5.75 Å². The third-order valence-corrected chi connectivity index (χ3v) is 6.61. The number of benzene rings is 3. The molecule has 4 nitrogen and oxygen atoms in total. The van der Waals surface area contributed by atoms with E-state index in [1.165, 1.54) is 5.56 Å². The Hall–Kier alpha value is -3.53. The van der Waals surface area contributed by atoms with Crippen molar-refractivity contribution < 1.29 is 5.11 Å². The van der Waals surface area contributed by atoms with Gasteiger partial charge in [0.25, 0.3) is 0 Å². The number of rotatable bonds is 2. The van der Waals surface area contributed by atoms with Gasteiger partial charge in [0.1, 0.15) is 11.6 Å². The SMILES string of the molecule is Cc1ccc2c(c1)nc(-c1c[nH]c3ccccc13)n2-c1cc(C(C)(C)C)c(O)c(C(C)(C)C)c1. The molecule has 0 saturated carbocycles. The second-order valence-electron chi connectivity index (χ2n) is 11.4. The lowest BCUT2D eigenvalue weighted by atomic mass is 9.79. The normalized spacial score (nSPS) is 12.7. The third kappa shape index (κ3) is 3.58. The van der Waals surface area contributed by atoms with Crippen molar-refractivity contribution >= 4 is 21.9 Å². The molecule has 0 aliphatic rings. The molecule has 0 aliphatic heterocycles. The minimum absolute atomic E-state index is 0.214. The Morgan fingerprint density at radius 2 is 1.50 bits per heavy atom. The number of fused-ring (bicyclic) bond motifs is 2. The van der Waals surface area contributed by atoms with Crippen LogP contribution < -0.4 is 0 Å². The van der Waals surface area contributed by atoms with Gasteiger partial charge < -0.3 is 10.1 Å². The summed E-state index contributed by atoms with van der Waals surface area (Å²) in [4.78, 5) is 8.54. The molecule has 0 fully saturated rings. The molecular weight excluding hydrogens is 418 g/mol. The van der Waals surface area contributed by atoms with Gasteiger partial charge in [-0.15, -0.1) is 0 Å². The molecule has 0 radical (unpaired) electrons. The molecule has 2 aromatic heterocycles. The van der Waals surface area contributed by atoms with Crippen LogP contribution in [0.2, 0.25) is 0 Å². The summed E-state index contributed by atoms with van der Waals surface area (Å²) in [6, 6.07) is 19.0. The van der Waals surface area contributed by atoms with E-state index in [0.29, 0.717) is 5.75 Å². The maximum absolute atomic E-state index is 11.3. The minimum atomic E-state index is -0.214. The standard InChI is InChI=1S/C30H33N3O/c1-18-12-13-26-25(14-18)32-28(21-17-31-24-11-9-8-10-20(21)24)33(26)19-15-22(29(2,3)4)27(34)23(16-19)30(5,6)7/h8-17,31,34H,1-7H3. The van der Waals surface area contributed by atoms with Crippen molar-refractivity contribution in [2.75, 3.05) is 0 Å². The minimum Gasteiger partial charge on any atom is -0.507 e. The number of aryl methyl sites for hydroxylation is 1. The van der Waals surface area contributed by atoms with Gasteiger partial charge in [-0.2, -0.15) is 0 Å². The van der Waals surface area contributed by atoms with Crippen molar-refractivity contribution in [2.24, 2.45) is 0 Å². The summed E-state index contributed by atoms with van der Waals surface area (Å²) >= 11 is 0. The Morgan fingerprint density at radius 1 is 0.853 bits per heavy atom. The van der Waals surface area contributed by atoms with Gasteiger partial charge in [0.15, 0.2) is 0 Å². The zero-order chi connectivity index (χ0) is 24.4. The molecule has 0 aliphatic carbocycles. The molecule has 2 heterocycles. The maximum atomic E-state index is 11.3. The Kier molecular flexibility index (Phi) is 4.91. The largest absolute Gasteiger partial charge is 0.507 e. The number of aromatic nitrogens is 3. The maximum Gasteiger partial charge on any atom is 0.147 e. The van der Waals surface area contributed by atoms with Crippen LogP contribution in [0.1, 0.15) is 58.2 Å². The van der Waals surface area contributed by atoms with Gasteiger partial charge in [-0.1, -0.05) is 65.8 Å². The highest BCUT2D eigenvalue weighted by Crippen LogP contribution is 2.42. The summed E-state index contributed by atoms with van der Waals surface area (Å²) in [6.45, 7) is 15.0. The van der Waals surface area contributed by atoms with Crippen LogP contribution in [0.3, 0.4) is 0 Å². The fraction of sp³-hybridized carbons (Fsp3) is 0.300. The van der Waals surface area contributed by atoms with Crippen LogP contribution in [0.4, 0.5) is 0 Å². The molecule has 2 N–H and O–H groups in total. The predicted octanol–water partition coefficient (Wildman–Crippen LogP) is 7.78.